The van der Waals surface area contributed by atoms with E-state index in [-0.39, 0.29) is 13.2 Å². The van der Waals surface area contributed by atoms with Gasteiger partial charge < -0.3 is 37.4 Å². The van der Waals surface area contributed by atoms with Crippen LogP contribution >= 0.6 is 0 Å². The van der Waals surface area contributed by atoms with E-state index in [0.717, 1.165) is 11.9 Å². The third kappa shape index (κ3) is 8.57. The van der Waals surface area contributed by atoms with Crippen molar-refractivity contribution in [1.29, 1.82) is 0 Å². The van der Waals surface area contributed by atoms with E-state index in [9.17, 15) is 24.3 Å². The second-order valence-corrected chi connectivity index (χ2v) is 5.60. The number of primary amides is 1. The van der Waals surface area contributed by atoms with Crippen LogP contribution in [-0.2, 0) is 14.4 Å². The molecule has 0 aliphatic carbocycles. The van der Waals surface area contributed by atoms with Crippen LogP contribution in [0.1, 0.15) is 13.3 Å². The lowest BCUT2D eigenvalue weighted by molar-refractivity contribution is -0.141. The van der Waals surface area contributed by atoms with Gasteiger partial charge in [-0.2, -0.15) is 0 Å². The van der Waals surface area contributed by atoms with E-state index in [2.05, 4.69) is 10.7 Å². The number of aliphatic hydroxyl groups excluding tert-OH is 2. The van der Waals surface area contributed by atoms with Gasteiger partial charge in [-0.3, -0.25) is 14.6 Å². The van der Waals surface area contributed by atoms with Crippen LogP contribution in [0.5, 0.6) is 0 Å². The Labute approximate surface area is 149 Å². The van der Waals surface area contributed by atoms with Crippen LogP contribution in [0, 0.1) is 0 Å². The monoisotopic (exact) mass is 378 g/mol. The molecule has 10 N–H and O–H groups in total. The first-order chi connectivity index (χ1) is 12.0. The molecule has 0 aromatic carbocycles. The average molecular weight is 378 g/mol. The normalized spacial score (nSPS) is 15.3. The number of carboxylic acids is 1. The van der Waals surface area contributed by atoms with Gasteiger partial charge in [0.25, 0.3) is 5.91 Å². The Balaban J connectivity index is 4.97. The van der Waals surface area contributed by atoms with Gasteiger partial charge >= 0.3 is 12.0 Å². The molecule has 26 heavy (non-hydrogen) atoms. The molecule has 13 nitrogen and oxygen atoms in total. The molecular formula is C13H26N6O7. The molecule has 0 heterocycles. The predicted molar refractivity (Wildman–Crippen MR) is 88.2 cm³/mol. The summed E-state index contributed by atoms with van der Waals surface area (Å²) >= 11 is 0. The van der Waals surface area contributed by atoms with Gasteiger partial charge in [0.15, 0.2) is 6.04 Å². The lowest BCUT2D eigenvalue weighted by Crippen LogP contribution is -2.58. The number of carbonyl (C=O) groups excluding carboxylic acids is 3. The van der Waals surface area contributed by atoms with Crippen LogP contribution < -0.4 is 27.5 Å². The maximum atomic E-state index is 12.3. The SMILES string of the molecule is CC(O)[C@H](NC(=O)N[C@@H](CC(N)=O)C(=O)N(C)NC[C@@H](N)CO)C(=O)O. The molecule has 0 rings (SSSR count). The van der Waals surface area contributed by atoms with E-state index in [1.807, 2.05) is 5.32 Å². The summed E-state index contributed by atoms with van der Waals surface area (Å²) in [6.07, 6.45) is -1.94. The number of hydrazine groups is 1. The van der Waals surface area contributed by atoms with Crippen LogP contribution in [-0.4, -0.2) is 88.6 Å². The molecule has 0 bridgehead atoms. The molecule has 0 saturated carbocycles. The Morgan fingerprint density at radius 1 is 1.19 bits per heavy atom. The highest BCUT2D eigenvalue weighted by molar-refractivity contribution is 5.92. The smallest absolute Gasteiger partial charge is 0.328 e. The van der Waals surface area contributed by atoms with E-state index in [0.29, 0.717) is 0 Å². The Morgan fingerprint density at radius 2 is 1.77 bits per heavy atom. The number of aliphatic hydroxyl groups is 2. The molecule has 0 saturated heterocycles. The molecule has 0 fully saturated rings. The van der Waals surface area contributed by atoms with Gasteiger partial charge in [0.05, 0.1) is 19.1 Å². The lowest BCUT2D eigenvalue weighted by Gasteiger charge is -2.26. The van der Waals surface area contributed by atoms with Crippen LogP contribution in [0.4, 0.5) is 4.79 Å². The zero-order valence-corrected chi connectivity index (χ0v) is 14.5. The fourth-order valence-corrected chi connectivity index (χ4v) is 1.76. The minimum Gasteiger partial charge on any atom is -0.480 e. The number of hydrogen-bond acceptors (Lipinski definition) is 8. The molecule has 0 spiro atoms. The zero-order chi connectivity index (χ0) is 20.4. The van der Waals surface area contributed by atoms with E-state index in [1.165, 1.54) is 7.05 Å². The molecule has 4 atom stereocenters. The second kappa shape index (κ2) is 11.2. The molecule has 1 unspecified atom stereocenters. The van der Waals surface area contributed by atoms with Gasteiger partial charge in [-0.1, -0.05) is 0 Å². The molecular weight excluding hydrogens is 352 g/mol. The number of hydrogen-bond donors (Lipinski definition) is 8. The molecule has 0 aliphatic rings. The van der Waals surface area contributed by atoms with Crippen molar-refractivity contribution >= 4 is 23.8 Å². The molecule has 0 aliphatic heterocycles. The number of nitrogens with one attached hydrogen (secondary N) is 3. The van der Waals surface area contributed by atoms with Crippen molar-refractivity contribution in [2.45, 2.75) is 37.6 Å². The third-order valence-electron chi connectivity index (χ3n) is 3.20. The fraction of sp³-hybridized carbons (Fsp3) is 0.692. The van der Waals surface area contributed by atoms with Gasteiger partial charge in [-0.05, 0) is 6.92 Å². The van der Waals surface area contributed by atoms with Crippen LogP contribution in [0.2, 0.25) is 0 Å². The third-order valence-corrected chi connectivity index (χ3v) is 3.20. The summed E-state index contributed by atoms with van der Waals surface area (Å²) in [4.78, 5) is 46.3. The van der Waals surface area contributed by atoms with Crippen molar-refractivity contribution in [1.82, 2.24) is 21.1 Å². The van der Waals surface area contributed by atoms with E-state index in [4.69, 9.17) is 21.7 Å². The summed E-state index contributed by atoms with van der Waals surface area (Å²) in [6, 6.07) is -4.73. The van der Waals surface area contributed by atoms with E-state index >= 15 is 0 Å². The highest BCUT2D eigenvalue weighted by Crippen LogP contribution is 1.98. The maximum Gasteiger partial charge on any atom is 0.328 e. The van der Waals surface area contributed by atoms with Crippen LogP contribution in [0.25, 0.3) is 0 Å². The molecule has 4 amide bonds. The Kier molecular flexibility index (Phi) is 10.1. The summed E-state index contributed by atoms with van der Waals surface area (Å²) < 4.78 is 0. The molecule has 13 heteroatoms. The van der Waals surface area contributed by atoms with Gasteiger partial charge in [0.1, 0.15) is 6.04 Å². The van der Waals surface area contributed by atoms with Gasteiger partial charge in [0, 0.05) is 19.6 Å². The number of carboxylic acid groups (broad SMARTS) is 1. The molecule has 150 valence electrons. The quantitative estimate of drug-likeness (QED) is 0.162. The fourth-order valence-electron chi connectivity index (χ4n) is 1.76. The van der Waals surface area contributed by atoms with Crippen molar-refractivity contribution in [2.24, 2.45) is 11.5 Å². The number of nitrogens with two attached hydrogens (primary N) is 2. The Bertz CT molecular complexity index is 515. The van der Waals surface area contributed by atoms with Crippen molar-refractivity contribution in [2.75, 3.05) is 20.2 Å². The first-order valence-electron chi connectivity index (χ1n) is 7.63. The van der Waals surface area contributed by atoms with Gasteiger partial charge in [-0.15, -0.1) is 0 Å². The summed E-state index contributed by atoms with van der Waals surface area (Å²) in [5.74, 6) is -3.12. The average Bonchev–Trinajstić information content (AvgIpc) is 2.54. The van der Waals surface area contributed by atoms with Crippen molar-refractivity contribution in [3.8, 4) is 0 Å². The molecule has 0 aromatic heterocycles. The van der Waals surface area contributed by atoms with Crippen LogP contribution in [0.3, 0.4) is 0 Å². The first kappa shape index (κ1) is 23.5. The first-order valence-corrected chi connectivity index (χ1v) is 7.63. The maximum absolute atomic E-state index is 12.3. The van der Waals surface area contributed by atoms with Gasteiger partial charge in [-0.25, -0.2) is 15.0 Å². The van der Waals surface area contributed by atoms with Crippen molar-refractivity contribution in [3.63, 3.8) is 0 Å². The zero-order valence-electron chi connectivity index (χ0n) is 14.5. The minimum atomic E-state index is -1.61. The van der Waals surface area contributed by atoms with Gasteiger partial charge in [0.2, 0.25) is 5.91 Å². The number of carbonyl (C=O) groups is 4. The number of urea groups is 1. The number of nitrogens with zero attached hydrogens (tertiary/aromatic N) is 1. The summed E-state index contributed by atoms with van der Waals surface area (Å²) in [5, 5.41) is 32.2. The molecule has 0 aromatic rings. The highest BCUT2D eigenvalue weighted by atomic mass is 16.4. The second-order valence-electron chi connectivity index (χ2n) is 5.60. The van der Waals surface area contributed by atoms with Crippen molar-refractivity contribution < 1.29 is 34.5 Å². The topological polar surface area (TPSA) is 220 Å². The molecule has 0 radical (unpaired) electrons. The minimum absolute atomic E-state index is 0.0390. The van der Waals surface area contributed by atoms with Crippen molar-refractivity contribution in [3.05, 3.63) is 0 Å². The lowest BCUT2D eigenvalue weighted by atomic mass is 10.1. The van der Waals surface area contributed by atoms with E-state index in [1.54, 1.807) is 0 Å². The number of aliphatic carboxylic acids is 1. The number of likely N-dealkylation sites (N-methyl/N-ethyl adjacent to an activating group) is 1. The number of rotatable bonds is 11. The number of amides is 4. The van der Waals surface area contributed by atoms with Crippen LogP contribution in [0.15, 0.2) is 0 Å². The predicted octanol–water partition coefficient (Wildman–Crippen LogP) is -4.35. The summed E-state index contributed by atoms with van der Waals surface area (Å²) in [5.41, 5.74) is 13.1. The largest absolute Gasteiger partial charge is 0.480 e. The standard InChI is InChI=1S/C13H26N6O7/c1-6(21)10(12(24)25)18-13(26)17-8(3-9(15)22)11(23)19(2)16-4-7(14)5-20/h6-8,10,16,20-21H,3-5,14H2,1-2H3,(H2,15,22)(H,24,25)(H2,17,18,26)/t6?,7-,8+,10+/m1/s1. The summed E-state index contributed by atoms with van der Waals surface area (Å²) in [6.45, 7) is 0.876. The Hall–Kier alpha value is -2.48. The van der Waals surface area contributed by atoms with E-state index < -0.39 is 54.5 Å². The summed E-state index contributed by atoms with van der Waals surface area (Å²) in [7, 11) is 1.30. The Morgan fingerprint density at radius 3 is 2.19 bits per heavy atom. The highest BCUT2D eigenvalue weighted by Gasteiger charge is 2.29.